The molecular weight excluding hydrogens is 336 g/mol. The molecule has 4 nitrogen and oxygen atoms in total. The largest absolute Gasteiger partial charge is 0.351 e. The molecule has 0 saturated carbocycles. The second-order valence-corrected chi connectivity index (χ2v) is 7.94. The Morgan fingerprint density at radius 2 is 1.74 bits per heavy atom. The van der Waals surface area contributed by atoms with Crippen LogP contribution < -0.4 is 5.32 Å². The zero-order chi connectivity index (χ0) is 18.9. The first-order chi connectivity index (χ1) is 13.0. The third-order valence-corrected chi connectivity index (χ3v) is 6.01. The monoisotopic (exact) mass is 362 g/mol. The highest BCUT2D eigenvalue weighted by molar-refractivity contribution is 5.96. The number of rotatable bonds is 3. The van der Waals surface area contributed by atoms with Crippen molar-refractivity contribution in [2.24, 2.45) is 0 Å². The van der Waals surface area contributed by atoms with Gasteiger partial charge in [-0.25, -0.2) is 0 Å². The summed E-state index contributed by atoms with van der Waals surface area (Å²) in [5.41, 5.74) is 4.25. The number of amides is 2. The minimum atomic E-state index is -0.0741. The first-order valence-corrected chi connectivity index (χ1v) is 9.78. The topological polar surface area (TPSA) is 49.4 Å². The van der Waals surface area contributed by atoms with Crippen LogP contribution in [-0.4, -0.2) is 35.3 Å². The summed E-state index contributed by atoms with van der Waals surface area (Å²) >= 11 is 0. The van der Waals surface area contributed by atoms with Crippen LogP contribution in [0, 0.1) is 6.92 Å². The van der Waals surface area contributed by atoms with Gasteiger partial charge in [0.15, 0.2) is 0 Å². The SMILES string of the molecule is Cc1ccc(Cc2ccccc2C(=O)N2CCC3(CCC(=O)N3)CC2)cc1. The van der Waals surface area contributed by atoms with Gasteiger partial charge in [-0.1, -0.05) is 48.0 Å². The lowest BCUT2D eigenvalue weighted by Gasteiger charge is -2.39. The van der Waals surface area contributed by atoms with Crippen LogP contribution in [0.3, 0.4) is 0 Å². The number of nitrogens with one attached hydrogen (secondary N) is 1. The van der Waals surface area contributed by atoms with Gasteiger partial charge in [0, 0.05) is 30.6 Å². The molecule has 0 atom stereocenters. The molecule has 0 aliphatic carbocycles. The fourth-order valence-electron chi connectivity index (χ4n) is 4.27. The number of likely N-dealkylation sites (tertiary alicyclic amines) is 1. The Bertz CT molecular complexity index is 849. The Labute approximate surface area is 160 Å². The molecule has 0 aromatic heterocycles. The summed E-state index contributed by atoms with van der Waals surface area (Å²) in [4.78, 5) is 26.7. The number of benzene rings is 2. The lowest BCUT2D eigenvalue weighted by molar-refractivity contribution is -0.120. The number of piperidine rings is 1. The number of aryl methyl sites for hydroxylation is 1. The van der Waals surface area contributed by atoms with Crippen LogP contribution in [0.25, 0.3) is 0 Å². The van der Waals surface area contributed by atoms with Gasteiger partial charge < -0.3 is 10.2 Å². The van der Waals surface area contributed by atoms with Crippen molar-refractivity contribution in [1.29, 1.82) is 0 Å². The van der Waals surface area contributed by atoms with E-state index >= 15 is 0 Å². The molecule has 0 radical (unpaired) electrons. The number of carbonyl (C=O) groups excluding carboxylic acids is 2. The molecule has 1 spiro atoms. The lowest BCUT2D eigenvalue weighted by atomic mass is 9.86. The van der Waals surface area contributed by atoms with Gasteiger partial charge >= 0.3 is 0 Å². The molecule has 2 aliphatic heterocycles. The second kappa shape index (κ2) is 7.18. The third kappa shape index (κ3) is 3.75. The first-order valence-electron chi connectivity index (χ1n) is 9.78. The summed E-state index contributed by atoms with van der Waals surface area (Å²) in [5, 5.41) is 3.14. The molecule has 2 heterocycles. The van der Waals surface area contributed by atoms with E-state index in [0.29, 0.717) is 19.5 Å². The summed E-state index contributed by atoms with van der Waals surface area (Å²) in [6.07, 6.45) is 3.98. The van der Waals surface area contributed by atoms with Crippen LogP contribution in [0.5, 0.6) is 0 Å². The molecule has 0 unspecified atom stereocenters. The van der Waals surface area contributed by atoms with Crippen molar-refractivity contribution in [3.63, 3.8) is 0 Å². The second-order valence-electron chi connectivity index (χ2n) is 7.94. The van der Waals surface area contributed by atoms with Crippen molar-refractivity contribution in [3.05, 3.63) is 70.8 Å². The van der Waals surface area contributed by atoms with Crippen molar-refractivity contribution < 1.29 is 9.59 Å². The lowest BCUT2D eigenvalue weighted by Crippen LogP contribution is -2.52. The molecule has 2 amide bonds. The van der Waals surface area contributed by atoms with Gasteiger partial charge in [-0.15, -0.1) is 0 Å². The Hall–Kier alpha value is -2.62. The maximum Gasteiger partial charge on any atom is 0.254 e. The van der Waals surface area contributed by atoms with Crippen molar-refractivity contribution in [3.8, 4) is 0 Å². The minimum Gasteiger partial charge on any atom is -0.351 e. The molecule has 2 fully saturated rings. The summed E-state index contributed by atoms with van der Waals surface area (Å²) < 4.78 is 0. The van der Waals surface area contributed by atoms with E-state index in [2.05, 4.69) is 42.6 Å². The quantitative estimate of drug-likeness (QED) is 0.909. The Kier molecular flexibility index (Phi) is 4.73. The van der Waals surface area contributed by atoms with Crippen molar-refractivity contribution in [2.75, 3.05) is 13.1 Å². The van der Waals surface area contributed by atoms with Crippen LogP contribution >= 0.6 is 0 Å². The Morgan fingerprint density at radius 1 is 1.04 bits per heavy atom. The van der Waals surface area contributed by atoms with E-state index in [1.807, 2.05) is 23.1 Å². The summed E-state index contributed by atoms with van der Waals surface area (Å²) in [7, 11) is 0. The van der Waals surface area contributed by atoms with E-state index in [0.717, 1.165) is 36.8 Å². The molecule has 27 heavy (non-hydrogen) atoms. The number of hydrogen-bond donors (Lipinski definition) is 1. The number of carbonyl (C=O) groups is 2. The van der Waals surface area contributed by atoms with Gasteiger partial charge in [0.1, 0.15) is 0 Å². The molecule has 1 N–H and O–H groups in total. The van der Waals surface area contributed by atoms with Crippen LogP contribution in [0.15, 0.2) is 48.5 Å². The van der Waals surface area contributed by atoms with E-state index in [1.54, 1.807) is 0 Å². The molecular formula is C23H26N2O2. The van der Waals surface area contributed by atoms with Crippen molar-refractivity contribution in [1.82, 2.24) is 10.2 Å². The first kappa shape index (κ1) is 17.8. The summed E-state index contributed by atoms with van der Waals surface area (Å²) in [6.45, 7) is 3.49. The molecule has 2 aromatic carbocycles. The predicted molar refractivity (Wildman–Crippen MR) is 106 cm³/mol. The van der Waals surface area contributed by atoms with Crippen LogP contribution in [0.2, 0.25) is 0 Å². The molecule has 4 rings (SSSR count). The predicted octanol–water partition coefficient (Wildman–Crippen LogP) is 3.47. The van der Waals surface area contributed by atoms with E-state index in [-0.39, 0.29) is 17.4 Å². The van der Waals surface area contributed by atoms with Crippen LogP contribution in [0.1, 0.15) is 52.7 Å². The third-order valence-electron chi connectivity index (χ3n) is 6.01. The fraction of sp³-hybridized carbons (Fsp3) is 0.391. The molecule has 2 saturated heterocycles. The molecule has 0 bridgehead atoms. The van der Waals surface area contributed by atoms with Crippen LogP contribution in [-0.2, 0) is 11.2 Å². The highest BCUT2D eigenvalue weighted by Crippen LogP contribution is 2.32. The van der Waals surface area contributed by atoms with Gasteiger partial charge in [-0.05, 0) is 49.8 Å². The van der Waals surface area contributed by atoms with Crippen LogP contribution in [0.4, 0.5) is 0 Å². The molecule has 4 heteroatoms. The average molecular weight is 362 g/mol. The van der Waals surface area contributed by atoms with Gasteiger partial charge in [0.2, 0.25) is 5.91 Å². The molecule has 2 aliphatic rings. The normalized spacial score (nSPS) is 18.6. The average Bonchev–Trinajstić information content (AvgIpc) is 3.04. The van der Waals surface area contributed by atoms with Gasteiger partial charge in [-0.3, -0.25) is 9.59 Å². The Morgan fingerprint density at radius 3 is 2.41 bits per heavy atom. The summed E-state index contributed by atoms with van der Waals surface area (Å²) in [5.74, 6) is 0.259. The standard InChI is InChI=1S/C23H26N2O2/c1-17-6-8-18(9-7-17)16-19-4-2-3-5-20(19)22(27)25-14-12-23(13-15-25)11-10-21(26)24-23/h2-9H,10-16H2,1H3,(H,24,26). The van der Waals surface area contributed by atoms with Crippen molar-refractivity contribution in [2.45, 2.75) is 44.6 Å². The van der Waals surface area contributed by atoms with E-state index in [9.17, 15) is 9.59 Å². The smallest absolute Gasteiger partial charge is 0.254 e. The van der Waals surface area contributed by atoms with Gasteiger partial charge in [0.05, 0.1) is 0 Å². The zero-order valence-corrected chi connectivity index (χ0v) is 15.8. The van der Waals surface area contributed by atoms with E-state index in [1.165, 1.54) is 11.1 Å². The maximum atomic E-state index is 13.2. The number of hydrogen-bond acceptors (Lipinski definition) is 2. The van der Waals surface area contributed by atoms with Gasteiger partial charge in [-0.2, -0.15) is 0 Å². The molecule has 2 aromatic rings. The minimum absolute atomic E-state index is 0.0741. The fourth-order valence-corrected chi connectivity index (χ4v) is 4.27. The molecule has 140 valence electrons. The van der Waals surface area contributed by atoms with Gasteiger partial charge in [0.25, 0.3) is 5.91 Å². The van der Waals surface area contributed by atoms with Crippen molar-refractivity contribution >= 4 is 11.8 Å². The number of nitrogens with zero attached hydrogens (tertiary/aromatic N) is 1. The summed E-state index contributed by atoms with van der Waals surface area (Å²) in [6, 6.07) is 16.4. The Balaban J connectivity index is 1.48. The maximum absolute atomic E-state index is 13.2. The van der Waals surface area contributed by atoms with E-state index < -0.39 is 0 Å². The highest BCUT2D eigenvalue weighted by atomic mass is 16.2. The zero-order valence-electron chi connectivity index (χ0n) is 15.8. The van der Waals surface area contributed by atoms with E-state index in [4.69, 9.17) is 0 Å². The highest BCUT2D eigenvalue weighted by Gasteiger charge is 2.41.